The van der Waals surface area contributed by atoms with Crippen molar-refractivity contribution < 1.29 is 44.9 Å². The maximum Gasteiger partial charge on any atom is 0.249 e. The third-order valence-electron chi connectivity index (χ3n) is 12.1. The Balaban J connectivity index is 2.35. The molecule has 340 valence electrons. The summed E-state index contributed by atoms with van der Waals surface area (Å²) in [5.41, 5.74) is 0. The molecule has 57 heavy (non-hydrogen) atoms. The van der Waals surface area contributed by atoms with Gasteiger partial charge >= 0.3 is 0 Å². The Hall–Kier alpha value is -0.850. The molecule has 0 saturated carbocycles. The molecule has 8 unspecified atom stereocenters. The van der Waals surface area contributed by atoms with Crippen molar-refractivity contribution in [2.45, 2.75) is 281 Å². The molecule has 1 saturated heterocycles. The van der Waals surface area contributed by atoms with Crippen LogP contribution in [0.25, 0.3) is 0 Å². The quantitative estimate of drug-likeness (QED) is 0.0298. The van der Waals surface area contributed by atoms with E-state index in [1.165, 1.54) is 167 Å². The highest BCUT2D eigenvalue weighted by atomic mass is 16.7. The number of carbonyl (C=O) groups excluding carboxylic acids is 1. The van der Waals surface area contributed by atoms with Crippen molar-refractivity contribution in [3.8, 4) is 0 Å². The Bertz CT molecular complexity index is 880. The van der Waals surface area contributed by atoms with Crippen molar-refractivity contribution in [2.24, 2.45) is 0 Å². The van der Waals surface area contributed by atoms with Gasteiger partial charge in [0, 0.05) is 0 Å². The Morgan fingerprint density at radius 1 is 0.526 bits per heavy atom. The number of unbranched alkanes of at least 4 members (excludes halogenated alkanes) is 30. The molecule has 0 bridgehead atoms. The molecule has 0 aliphatic carbocycles. The molecule has 0 aromatic heterocycles. The Kier molecular flexibility index (Phi) is 36.2. The first kappa shape index (κ1) is 54.2. The van der Waals surface area contributed by atoms with Gasteiger partial charge in [0.1, 0.15) is 30.5 Å². The monoisotopic (exact) mass is 816 g/mol. The third-order valence-corrected chi connectivity index (χ3v) is 12.1. The molecule has 1 aliphatic heterocycles. The molecule has 8 atom stereocenters. The van der Waals surface area contributed by atoms with E-state index in [0.29, 0.717) is 12.8 Å². The molecule has 7 N–H and O–H groups in total. The second kappa shape index (κ2) is 38.1. The zero-order chi connectivity index (χ0) is 41.8. The van der Waals surface area contributed by atoms with Gasteiger partial charge in [-0.2, -0.15) is 0 Å². The van der Waals surface area contributed by atoms with Gasteiger partial charge in [-0.05, 0) is 12.8 Å². The summed E-state index contributed by atoms with van der Waals surface area (Å²) in [7, 11) is 0. The van der Waals surface area contributed by atoms with Crippen molar-refractivity contribution in [1.82, 2.24) is 5.32 Å². The molecular weight excluding hydrogens is 723 g/mol. The predicted molar refractivity (Wildman–Crippen MR) is 232 cm³/mol. The molecule has 10 heteroatoms. The fourth-order valence-electron chi connectivity index (χ4n) is 8.05. The summed E-state index contributed by atoms with van der Waals surface area (Å²) in [6.07, 6.45) is 31.4. The van der Waals surface area contributed by atoms with Crippen LogP contribution in [0.15, 0.2) is 0 Å². The van der Waals surface area contributed by atoms with Crippen LogP contribution in [0.2, 0.25) is 0 Å². The molecule has 0 spiro atoms. The topological polar surface area (TPSA) is 169 Å². The smallest absolute Gasteiger partial charge is 0.249 e. The van der Waals surface area contributed by atoms with Gasteiger partial charge in [0.25, 0.3) is 0 Å². The van der Waals surface area contributed by atoms with Crippen LogP contribution >= 0.6 is 0 Å². The summed E-state index contributed by atoms with van der Waals surface area (Å²) in [4.78, 5) is 13.1. The Morgan fingerprint density at radius 3 is 1.25 bits per heavy atom. The zero-order valence-electron chi connectivity index (χ0n) is 37.0. The first-order valence-corrected chi connectivity index (χ1v) is 24.3. The molecule has 0 radical (unpaired) electrons. The van der Waals surface area contributed by atoms with Crippen LogP contribution in [0.1, 0.15) is 232 Å². The largest absolute Gasteiger partial charge is 0.394 e. The van der Waals surface area contributed by atoms with Crippen LogP contribution < -0.4 is 5.32 Å². The molecule has 0 aromatic rings. The van der Waals surface area contributed by atoms with Crippen molar-refractivity contribution in [1.29, 1.82) is 0 Å². The van der Waals surface area contributed by atoms with E-state index < -0.39 is 61.5 Å². The van der Waals surface area contributed by atoms with E-state index in [4.69, 9.17) is 9.47 Å². The van der Waals surface area contributed by atoms with Crippen molar-refractivity contribution in [2.75, 3.05) is 13.2 Å². The summed E-state index contributed by atoms with van der Waals surface area (Å²) >= 11 is 0. The Labute approximate surface area is 349 Å². The molecule has 1 heterocycles. The number of hydrogen-bond acceptors (Lipinski definition) is 9. The van der Waals surface area contributed by atoms with E-state index in [1.54, 1.807) is 0 Å². The summed E-state index contributed by atoms with van der Waals surface area (Å²) in [5.74, 6) is -0.579. The molecule has 1 rings (SSSR count). The first-order chi connectivity index (χ1) is 27.8. The van der Waals surface area contributed by atoms with Gasteiger partial charge < -0.3 is 45.4 Å². The number of ether oxygens (including phenoxy) is 2. The van der Waals surface area contributed by atoms with Crippen molar-refractivity contribution in [3.05, 3.63) is 0 Å². The van der Waals surface area contributed by atoms with E-state index >= 15 is 0 Å². The summed E-state index contributed by atoms with van der Waals surface area (Å²) < 4.78 is 11.2. The highest BCUT2D eigenvalue weighted by Gasteiger charge is 2.44. The van der Waals surface area contributed by atoms with E-state index in [2.05, 4.69) is 19.2 Å². The van der Waals surface area contributed by atoms with E-state index in [9.17, 15) is 35.4 Å². The molecule has 1 amide bonds. The molecule has 0 aromatic carbocycles. The van der Waals surface area contributed by atoms with Crippen molar-refractivity contribution in [3.63, 3.8) is 0 Å². The number of aliphatic hydroxyl groups is 6. The number of rotatable bonds is 41. The lowest BCUT2D eigenvalue weighted by molar-refractivity contribution is -0.302. The third kappa shape index (κ3) is 28.3. The standard InChI is InChI=1S/C47H93NO9/c1-3-5-7-9-11-13-15-17-19-21-23-25-27-29-31-33-35-40(50)39(38-56-47-45(54)44(53)43(52)42(37-49)57-47)48-46(55)41(51)36-34-32-30-28-26-24-22-20-18-16-14-12-10-8-6-4-2/h39-45,47,49-54H,3-38H2,1-2H3,(H,48,55). The van der Waals surface area contributed by atoms with Crippen LogP contribution in [-0.2, 0) is 14.3 Å². The van der Waals surface area contributed by atoms with Crippen LogP contribution in [0.3, 0.4) is 0 Å². The first-order valence-electron chi connectivity index (χ1n) is 24.3. The van der Waals surface area contributed by atoms with Gasteiger partial charge in [0.15, 0.2) is 6.29 Å². The average Bonchev–Trinajstić information content (AvgIpc) is 3.21. The zero-order valence-corrected chi connectivity index (χ0v) is 37.0. The van der Waals surface area contributed by atoms with Gasteiger partial charge in [-0.25, -0.2) is 0 Å². The second-order valence-electron chi connectivity index (χ2n) is 17.4. The minimum Gasteiger partial charge on any atom is -0.394 e. The molecule has 1 aliphatic rings. The van der Waals surface area contributed by atoms with E-state index in [-0.39, 0.29) is 6.61 Å². The van der Waals surface area contributed by atoms with Gasteiger partial charge in [-0.3, -0.25) is 4.79 Å². The molecular formula is C47H93NO9. The summed E-state index contributed by atoms with van der Waals surface area (Å²) in [6.45, 7) is 3.69. The highest BCUT2D eigenvalue weighted by Crippen LogP contribution is 2.23. The van der Waals surface area contributed by atoms with Gasteiger partial charge in [-0.1, -0.05) is 219 Å². The minimum absolute atomic E-state index is 0.250. The second-order valence-corrected chi connectivity index (χ2v) is 17.4. The SMILES string of the molecule is CCCCCCCCCCCCCCCCCCC(O)C(=O)NC(COC1OC(CO)C(O)C(O)C1O)C(O)CCCCCCCCCCCCCCCCCC. The molecule has 10 nitrogen and oxygen atoms in total. The van der Waals surface area contributed by atoms with Crippen LogP contribution in [0.5, 0.6) is 0 Å². The fraction of sp³-hybridized carbons (Fsp3) is 0.979. The number of nitrogens with one attached hydrogen (secondary N) is 1. The van der Waals surface area contributed by atoms with E-state index in [0.717, 1.165) is 38.5 Å². The molecule has 1 fully saturated rings. The van der Waals surface area contributed by atoms with E-state index in [1.807, 2.05) is 0 Å². The maximum atomic E-state index is 13.1. The summed E-state index contributed by atoms with van der Waals surface area (Å²) in [6, 6.07) is -0.887. The van der Waals surface area contributed by atoms with Gasteiger partial charge in [-0.15, -0.1) is 0 Å². The lowest BCUT2D eigenvalue weighted by Crippen LogP contribution is -2.60. The lowest BCUT2D eigenvalue weighted by atomic mass is 9.99. The number of carbonyl (C=O) groups is 1. The van der Waals surface area contributed by atoms with Crippen LogP contribution in [0.4, 0.5) is 0 Å². The van der Waals surface area contributed by atoms with Crippen LogP contribution in [-0.4, -0.2) is 98.7 Å². The fourth-order valence-corrected chi connectivity index (χ4v) is 8.05. The van der Waals surface area contributed by atoms with Gasteiger partial charge in [0.05, 0.1) is 25.4 Å². The predicted octanol–water partition coefficient (Wildman–Crippen LogP) is 9.31. The van der Waals surface area contributed by atoms with Crippen molar-refractivity contribution >= 4 is 5.91 Å². The number of aliphatic hydroxyl groups excluding tert-OH is 6. The van der Waals surface area contributed by atoms with Crippen LogP contribution in [0, 0.1) is 0 Å². The highest BCUT2D eigenvalue weighted by molar-refractivity contribution is 5.80. The minimum atomic E-state index is -1.59. The lowest BCUT2D eigenvalue weighted by Gasteiger charge is -2.40. The number of amides is 1. The summed E-state index contributed by atoms with van der Waals surface area (Å²) in [5, 5.41) is 64.9. The van der Waals surface area contributed by atoms with Gasteiger partial charge in [0.2, 0.25) is 5.91 Å². The average molecular weight is 816 g/mol. The normalized spacial score (nSPS) is 21.4. The number of hydrogen-bond donors (Lipinski definition) is 7. The Morgan fingerprint density at radius 2 is 0.877 bits per heavy atom. The maximum absolute atomic E-state index is 13.1.